The molecule has 290 valence electrons. The highest BCUT2D eigenvalue weighted by Gasteiger charge is 2.57. The molecule has 0 aliphatic heterocycles. The molecular weight excluding hydrogens is 620 g/mol. The Labute approximate surface area is 308 Å². The third-order valence-corrected chi connectivity index (χ3v) is 15.2. The largest absolute Gasteiger partial charge is 0.465 e. The molecule has 0 bridgehead atoms. The first-order valence-electron chi connectivity index (χ1n) is 21.5. The van der Waals surface area contributed by atoms with Gasteiger partial charge < -0.3 is 20.1 Å². The molecule has 4 aliphatic rings. The Balaban J connectivity index is 1.26. The summed E-state index contributed by atoms with van der Waals surface area (Å²) in [5.74, 6) is 3.99. The third-order valence-electron chi connectivity index (χ3n) is 15.2. The van der Waals surface area contributed by atoms with Gasteiger partial charge in [0.2, 0.25) is 0 Å². The van der Waals surface area contributed by atoms with Gasteiger partial charge in [-0.05, 0) is 116 Å². The molecule has 0 aromatic carbocycles. The second-order valence-electron chi connectivity index (χ2n) is 20.0. The van der Waals surface area contributed by atoms with Crippen LogP contribution in [0.1, 0.15) is 190 Å². The third kappa shape index (κ3) is 10.6. The molecule has 0 heterocycles. The number of nitrogens with one attached hydrogen (secondary N) is 1. The SMILES string of the molecule is CCCCCCCCCCCCN(CC1(C)CCC(C)(C)C(NC(=O)OCC2(C)CCCC3(C)C4CCC(C(C)C)CC4CCC23)C1)C(=O)O. The highest BCUT2D eigenvalue weighted by atomic mass is 16.5. The van der Waals surface area contributed by atoms with Gasteiger partial charge in [0.25, 0.3) is 0 Å². The van der Waals surface area contributed by atoms with Gasteiger partial charge in [-0.2, -0.15) is 0 Å². The number of rotatable bonds is 17. The van der Waals surface area contributed by atoms with Gasteiger partial charge in [0.15, 0.2) is 0 Å². The van der Waals surface area contributed by atoms with Gasteiger partial charge in [-0.3, -0.25) is 0 Å². The zero-order valence-corrected chi connectivity index (χ0v) is 34.1. The summed E-state index contributed by atoms with van der Waals surface area (Å²) in [5, 5.41) is 13.5. The number of carbonyl (C=O) groups excluding carboxylic acids is 1. The van der Waals surface area contributed by atoms with Crippen LogP contribution in [0.25, 0.3) is 0 Å². The van der Waals surface area contributed by atoms with Gasteiger partial charge in [0.1, 0.15) is 0 Å². The van der Waals surface area contributed by atoms with Crippen molar-refractivity contribution in [1.29, 1.82) is 0 Å². The number of fused-ring (bicyclic) bond motifs is 3. The molecule has 6 heteroatoms. The minimum atomic E-state index is -0.814. The molecule has 4 aliphatic carbocycles. The average molecular weight is 701 g/mol. The molecule has 8 atom stereocenters. The lowest BCUT2D eigenvalue weighted by Gasteiger charge is -2.61. The van der Waals surface area contributed by atoms with Crippen molar-refractivity contribution in [2.24, 2.45) is 51.2 Å². The van der Waals surface area contributed by atoms with Gasteiger partial charge in [-0.25, -0.2) is 9.59 Å². The average Bonchev–Trinajstić information content (AvgIpc) is 3.06. The van der Waals surface area contributed by atoms with E-state index in [1.54, 1.807) is 4.90 Å². The zero-order valence-electron chi connectivity index (χ0n) is 34.1. The second-order valence-corrected chi connectivity index (χ2v) is 20.0. The predicted molar refractivity (Wildman–Crippen MR) is 207 cm³/mol. The van der Waals surface area contributed by atoms with Crippen LogP contribution >= 0.6 is 0 Å². The molecule has 0 radical (unpaired) electrons. The molecule has 2 N–H and O–H groups in total. The fourth-order valence-electron chi connectivity index (χ4n) is 11.8. The van der Waals surface area contributed by atoms with Crippen molar-refractivity contribution in [2.75, 3.05) is 19.7 Å². The van der Waals surface area contributed by atoms with E-state index in [1.807, 2.05) is 0 Å². The maximum atomic E-state index is 13.6. The number of ether oxygens (including phenoxy) is 1. The van der Waals surface area contributed by atoms with E-state index in [0.717, 1.165) is 62.2 Å². The van der Waals surface area contributed by atoms with Crippen molar-refractivity contribution in [3.8, 4) is 0 Å². The van der Waals surface area contributed by atoms with Crippen LogP contribution in [0.3, 0.4) is 0 Å². The van der Waals surface area contributed by atoms with E-state index in [4.69, 9.17) is 4.74 Å². The van der Waals surface area contributed by atoms with Gasteiger partial charge >= 0.3 is 12.2 Å². The molecule has 0 aromatic rings. The van der Waals surface area contributed by atoms with E-state index in [0.29, 0.717) is 31.0 Å². The number of amides is 2. The van der Waals surface area contributed by atoms with Gasteiger partial charge in [-0.15, -0.1) is 0 Å². The lowest BCUT2D eigenvalue weighted by atomic mass is 9.44. The monoisotopic (exact) mass is 701 g/mol. The van der Waals surface area contributed by atoms with Crippen LogP contribution in [0.15, 0.2) is 0 Å². The van der Waals surface area contributed by atoms with Crippen LogP contribution < -0.4 is 5.32 Å². The summed E-state index contributed by atoms with van der Waals surface area (Å²) >= 11 is 0. The smallest absolute Gasteiger partial charge is 0.407 e. The topological polar surface area (TPSA) is 78.9 Å². The normalized spacial score (nSPS) is 35.2. The van der Waals surface area contributed by atoms with Crippen LogP contribution in [0.4, 0.5) is 9.59 Å². The Morgan fingerprint density at radius 2 is 1.50 bits per heavy atom. The molecule has 0 aromatic heterocycles. The van der Waals surface area contributed by atoms with E-state index in [1.165, 1.54) is 96.3 Å². The highest BCUT2D eigenvalue weighted by molar-refractivity contribution is 5.68. The molecule has 4 saturated carbocycles. The Bertz CT molecular complexity index is 1080. The van der Waals surface area contributed by atoms with Gasteiger partial charge in [0.05, 0.1) is 6.61 Å². The summed E-state index contributed by atoms with van der Waals surface area (Å²) in [7, 11) is 0. The lowest BCUT2D eigenvalue weighted by Crippen LogP contribution is -2.56. The summed E-state index contributed by atoms with van der Waals surface area (Å²) in [4.78, 5) is 27.6. The molecule has 0 spiro atoms. The molecular formula is C44H80N2O4. The number of alkyl carbamates (subject to hydrolysis) is 1. The van der Waals surface area contributed by atoms with E-state index < -0.39 is 6.09 Å². The van der Waals surface area contributed by atoms with Crippen LogP contribution in [-0.4, -0.2) is 47.9 Å². The lowest BCUT2D eigenvalue weighted by molar-refractivity contribution is -0.136. The van der Waals surface area contributed by atoms with Crippen molar-refractivity contribution < 1.29 is 19.4 Å². The minimum Gasteiger partial charge on any atom is -0.465 e. The number of unbranched alkanes of at least 4 members (excludes halogenated alkanes) is 9. The van der Waals surface area contributed by atoms with Crippen LogP contribution in [-0.2, 0) is 4.74 Å². The first-order chi connectivity index (χ1) is 23.6. The molecule has 2 amide bonds. The van der Waals surface area contributed by atoms with E-state index >= 15 is 0 Å². The Morgan fingerprint density at radius 3 is 2.14 bits per heavy atom. The van der Waals surface area contributed by atoms with Crippen molar-refractivity contribution in [2.45, 2.75) is 196 Å². The fraction of sp³-hybridized carbons (Fsp3) is 0.955. The number of carbonyl (C=O) groups is 2. The maximum Gasteiger partial charge on any atom is 0.407 e. The summed E-state index contributed by atoms with van der Waals surface area (Å²) in [6.07, 6.45) is 24.6. The van der Waals surface area contributed by atoms with Crippen LogP contribution in [0, 0.1) is 51.2 Å². The first kappa shape index (κ1) is 41.3. The Morgan fingerprint density at radius 1 is 0.840 bits per heavy atom. The van der Waals surface area contributed by atoms with Crippen molar-refractivity contribution in [3.63, 3.8) is 0 Å². The number of carboxylic acid groups (broad SMARTS) is 1. The van der Waals surface area contributed by atoms with Crippen LogP contribution in [0.2, 0.25) is 0 Å². The molecule has 8 unspecified atom stereocenters. The second kappa shape index (κ2) is 18.0. The molecule has 6 nitrogen and oxygen atoms in total. The fourth-order valence-corrected chi connectivity index (χ4v) is 11.8. The summed E-state index contributed by atoms with van der Waals surface area (Å²) in [6, 6.07) is -0.0438. The van der Waals surface area contributed by atoms with Crippen LogP contribution in [0.5, 0.6) is 0 Å². The predicted octanol–water partition coefficient (Wildman–Crippen LogP) is 12.5. The van der Waals surface area contributed by atoms with E-state index in [-0.39, 0.29) is 28.4 Å². The zero-order chi connectivity index (χ0) is 36.6. The summed E-state index contributed by atoms with van der Waals surface area (Å²) in [6.45, 7) is 20.5. The standard InChI is InChI=1S/C44H80N2O4/c1-9-10-11-12-13-14-15-16-17-18-28-46(40(48)49)31-42(6)27-26-41(4,5)38(30-42)45-39(47)50-32-43(7)24-19-25-44(8)36-22-20-34(33(2)3)29-35(36)21-23-37(43)44/h33-38H,9-32H2,1-8H3,(H,45,47)(H,48,49). The maximum absolute atomic E-state index is 13.6. The summed E-state index contributed by atoms with van der Waals surface area (Å²) < 4.78 is 6.21. The quantitative estimate of drug-likeness (QED) is 0.148. The van der Waals surface area contributed by atoms with E-state index in [2.05, 4.69) is 60.7 Å². The first-order valence-corrected chi connectivity index (χ1v) is 21.5. The Hall–Kier alpha value is -1.46. The Kier molecular flexibility index (Phi) is 14.9. The summed E-state index contributed by atoms with van der Waals surface area (Å²) in [5.41, 5.74) is 0.143. The minimum absolute atomic E-state index is 0.0252. The van der Waals surface area contributed by atoms with Crippen molar-refractivity contribution in [1.82, 2.24) is 10.2 Å². The van der Waals surface area contributed by atoms with E-state index in [9.17, 15) is 14.7 Å². The molecule has 4 fully saturated rings. The number of hydrogen-bond donors (Lipinski definition) is 2. The van der Waals surface area contributed by atoms with Crippen molar-refractivity contribution >= 4 is 12.2 Å². The molecule has 4 rings (SSSR count). The highest BCUT2D eigenvalue weighted by Crippen LogP contribution is 2.64. The van der Waals surface area contributed by atoms with Crippen molar-refractivity contribution in [3.05, 3.63) is 0 Å². The van der Waals surface area contributed by atoms with Gasteiger partial charge in [-0.1, -0.05) is 120 Å². The van der Waals surface area contributed by atoms with Gasteiger partial charge in [0, 0.05) is 24.5 Å². The number of hydrogen-bond acceptors (Lipinski definition) is 3. The molecule has 50 heavy (non-hydrogen) atoms. The molecule has 0 saturated heterocycles. The number of nitrogens with zero attached hydrogens (tertiary/aromatic N) is 1.